The first-order valence-corrected chi connectivity index (χ1v) is 6.04. The normalized spacial score (nSPS) is 25.9. The SMILES string of the molecule is CNc1cc(CN2CC(C)C(C)C2)ccn1. The topological polar surface area (TPSA) is 28.2 Å². The van der Waals surface area contributed by atoms with Gasteiger partial charge in [-0.25, -0.2) is 4.98 Å². The van der Waals surface area contributed by atoms with Crippen molar-refractivity contribution in [2.45, 2.75) is 20.4 Å². The molecule has 1 N–H and O–H groups in total. The summed E-state index contributed by atoms with van der Waals surface area (Å²) in [5.41, 5.74) is 1.35. The van der Waals surface area contributed by atoms with Crippen LogP contribution in [0, 0.1) is 11.8 Å². The smallest absolute Gasteiger partial charge is 0.125 e. The van der Waals surface area contributed by atoms with Gasteiger partial charge in [-0.15, -0.1) is 0 Å². The van der Waals surface area contributed by atoms with Crippen molar-refractivity contribution < 1.29 is 0 Å². The van der Waals surface area contributed by atoms with Crippen LogP contribution in [0.25, 0.3) is 0 Å². The van der Waals surface area contributed by atoms with Crippen molar-refractivity contribution in [3.05, 3.63) is 23.9 Å². The molecule has 1 aliphatic rings. The van der Waals surface area contributed by atoms with Crippen molar-refractivity contribution >= 4 is 5.82 Å². The second-order valence-electron chi connectivity index (χ2n) is 4.95. The molecule has 0 bridgehead atoms. The third kappa shape index (κ3) is 2.53. The molecule has 3 nitrogen and oxygen atoms in total. The number of nitrogens with zero attached hydrogens (tertiary/aromatic N) is 2. The van der Waals surface area contributed by atoms with Gasteiger partial charge in [0, 0.05) is 32.9 Å². The molecule has 3 heteroatoms. The molecule has 0 radical (unpaired) electrons. The zero-order chi connectivity index (χ0) is 11.5. The average Bonchev–Trinajstić information content (AvgIpc) is 2.58. The highest BCUT2D eigenvalue weighted by Crippen LogP contribution is 2.23. The van der Waals surface area contributed by atoms with Crippen molar-refractivity contribution in [3.8, 4) is 0 Å². The molecule has 2 rings (SSSR count). The first kappa shape index (κ1) is 11.4. The van der Waals surface area contributed by atoms with Crippen LogP contribution in [0.2, 0.25) is 0 Å². The van der Waals surface area contributed by atoms with E-state index < -0.39 is 0 Å². The van der Waals surface area contributed by atoms with E-state index in [0.717, 1.165) is 24.2 Å². The number of hydrogen-bond donors (Lipinski definition) is 1. The lowest BCUT2D eigenvalue weighted by Gasteiger charge is -2.15. The minimum atomic E-state index is 0.825. The van der Waals surface area contributed by atoms with Crippen LogP contribution < -0.4 is 5.32 Å². The van der Waals surface area contributed by atoms with E-state index in [4.69, 9.17) is 0 Å². The van der Waals surface area contributed by atoms with Crippen molar-refractivity contribution in [2.75, 3.05) is 25.5 Å². The fourth-order valence-corrected chi connectivity index (χ4v) is 2.35. The standard InChI is InChI=1S/C13H21N3/c1-10-7-16(8-11(10)2)9-12-4-5-15-13(6-12)14-3/h4-6,10-11H,7-9H2,1-3H3,(H,14,15). The fourth-order valence-electron chi connectivity index (χ4n) is 2.35. The van der Waals surface area contributed by atoms with Crippen molar-refractivity contribution in [1.29, 1.82) is 0 Å². The Balaban J connectivity index is 1.99. The Labute approximate surface area is 97.9 Å². The molecule has 2 atom stereocenters. The van der Waals surface area contributed by atoms with E-state index in [1.165, 1.54) is 18.7 Å². The molecule has 0 aliphatic carbocycles. The largest absolute Gasteiger partial charge is 0.373 e. The number of pyridine rings is 1. The minimum Gasteiger partial charge on any atom is -0.373 e. The maximum atomic E-state index is 4.23. The van der Waals surface area contributed by atoms with Gasteiger partial charge in [-0.2, -0.15) is 0 Å². The predicted octanol–water partition coefficient (Wildman–Crippen LogP) is 2.21. The van der Waals surface area contributed by atoms with Crippen molar-refractivity contribution in [1.82, 2.24) is 9.88 Å². The number of rotatable bonds is 3. The molecule has 0 aromatic carbocycles. The molecule has 0 spiro atoms. The summed E-state index contributed by atoms with van der Waals surface area (Å²) in [6.07, 6.45) is 1.88. The number of likely N-dealkylation sites (tertiary alicyclic amines) is 1. The number of anilines is 1. The maximum absolute atomic E-state index is 4.23. The number of nitrogens with one attached hydrogen (secondary N) is 1. The monoisotopic (exact) mass is 219 g/mol. The summed E-state index contributed by atoms with van der Waals surface area (Å²) in [7, 11) is 1.91. The molecule has 0 amide bonds. The second-order valence-corrected chi connectivity index (χ2v) is 4.95. The lowest BCUT2D eigenvalue weighted by molar-refractivity contribution is 0.316. The Kier molecular flexibility index (Phi) is 3.44. The molecule has 88 valence electrons. The molecule has 0 saturated carbocycles. The van der Waals surface area contributed by atoms with Gasteiger partial charge < -0.3 is 5.32 Å². The Bertz CT molecular complexity index is 341. The summed E-state index contributed by atoms with van der Waals surface area (Å²) in [6, 6.07) is 4.24. The quantitative estimate of drug-likeness (QED) is 0.845. The van der Waals surface area contributed by atoms with Gasteiger partial charge in [0.05, 0.1) is 0 Å². The Morgan fingerprint density at radius 2 is 2.06 bits per heavy atom. The molecular formula is C13H21N3. The lowest BCUT2D eigenvalue weighted by atomic mass is 10.0. The minimum absolute atomic E-state index is 0.825. The van der Waals surface area contributed by atoms with Crippen LogP contribution in [0.1, 0.15) is 19.4 Å². The van der Waals surface area contributed by atoms with E-state index in [2.05, 4.69) is 41.2 Å². The summed E-state index contributed by atoms with van der Waals surface area (Å²) >= 11 is 0. The van der Waals surface area contributed by atoms with Crippen molar-refractivity contribution in [3.63, 3.8) is 0 Å². The summed E-state index contributed by atoms with van der Waals surface area (Å²) < 4.78 is 0. The number of aromatic nitrogens is 1. The highest BCUT2D eigenvalue weighted by Gasteiger charge is 2.25. The zero-order valence-corrected chi connectivity index (χ0v) is 10.4. The van der Waals surface area contributed by atoms with Crippen LogP contribution in [0.15, 0.2) is 18.3 Å². The molecule has 16 heavy (non-hydrogen) atoms. The fraction of sp³-hybridized carbons (Fsp3) is 0.615. The van der Waals surface area contributed by atoms with E-state index in [9.17, 15) is 0 Å². The van der Waals surface area contributed by atoms with Crippen molar-refractivity contribution in [2.24, 2.45) is 11.8 Å². The third-order valence-electron chi connectivity index (χ3n) is 3.55. The molecule has 1 aromatic rings. The van der Waals surface area contributed by atoms with Crippen LogP contribution in [-0.2, 0) is 6.54 Å². The number of hydrogen-bond acceptors (Lipinski definition) is 3. The van der Waals surface area contributed by atoms with E-state index in [-0.39, 0.29) is 0 Å². The van der Waals surface area contributed by atoms with E-state index >= 15 is 0 Å². The Morgan fingerprint density at radius 1 is 1.38 bits per heavy atom. The van der Waals surface area contributed by atoms with Crippen LogP contribution >= 0.6 is 0 Å². The van der Waals surface area contributed by atoms with Crippen LogP contribution in [-0.4, -0.2) is 30.0 Å². The van der Waals surface area contributed by atoms with Crippen LogP contribution in [0.3, 0.4) is 0 Å². The highest BCUT2D eigenvalue weighted by molar-refractivity contribution is 5.36. The van der Waals surface area contributed by atoms with Gasteiger partial charge in [0.15, 0.2) is 0 Å². The molecule has 1 aromatic heterocycles. The molecule has 1 fully saturated rings. The zero-order valence-electron chi connectivity index (χ0n) is 10.4. The molecule has 1 aliphatic heterocycles. The third-order valence-corrected chi connectivity index (χ3v) is 3.55. The van der Waals surface area contributed by atoms with E-state index in [1.807, 2.05) is 13.2 Å². The summed E-state index contributed by atoms with van der Waals surface area (Å²) in [4.78, 5) is 6.76. The first-order valence-electron chi connectivity index (χ1n) is 6.04. The van der Waals surface area contributed by atoms with Gasteiger partial charge in [-0.05, 0) is 29.5 Å². The summed E-state index contributed by atoms with van der Waals surface area (Å²) in [6.45, 7) is 8.18. The van der Waals surface area contributed by atoms with E-state index in [0.29, 0.717) is 0 Å². The molecule has 2 heterocycles. The van der Waals surface area contributed by atoms with Gasteiger partial charge in [0.1, 0.15) is 5.82 Å². The van der Waals surface area contributed by atoms with Gasteiger partial charge in [-0.3, -0.25) is 4.90 Å². The molecular weight excluding hydrogens is 198 g/mol. The van der Waals surface area contributed by atoms with Gasteiger partial charge in [0.2, 0.25) is 0 Å². The maximum Gasteiger partial charge on any atom is 0.125 e. The van der Waals surface area contributed by atoms with E-state index in [1.54, 1.807) is 0 Å². The summed E-state index contributed by atoms with van der Waals surface area (Å²) in [5, 5.41) is 3.08. The Hall–Kier alpha value is -1.09. The van der Waals surface area contributed by atoms with Gasteiger partial charge in [-0.1, -0.05) is 13.8 Å². The van der Waals surface area contributed by atoms with Crippen LogP contribution in [0.4, 0.5) is 5.82 Å². The molecule has 1 saturated heterocycles. The first-order chi connectivity index (χ1) is 7.69. The predicted molar refractivity (Wildman–Crippen MR) is 67.4 cm³/mol. The second kappa shape index (κ2) is 4.83. The van der Waals surface area contributed by atoms with Crippen LogP contribution in [0.5, 0.6) is 0 Å². The Morgan fingerprint density at radius 3 is 2.69 bits per heavy atom. The lowest BCUT2D eigenvalue weighted by Crippen LogP contribution is -2.20. The highest BCUT2D eigenvalue weighted by atomic mass is 15.1. The van der Waals surface area contributed by atoms with Gasteiger partial charge in [0.25, 0.3) is 0 Å². The average molecular weight is 219 g/mol. The summed E-state index contributed by atoms with van der Waals surface area (Å²) in [5.74, 6) is 2.61. The molecule has 2 unspecified atom stereocenters. The van der Waals surface area contributed by atoms with Gasteiger partial charge >= 0.3 is 0 Å².